The summed E-state index contributed by atoms with van der Waals surface area (Å²) in [5.41, 5.74) is 1.57. The van der Waals surface area contributed by atoms with E-state index in [0.717, 1.165) is 5.56 Å². The number of aromatic amines is 1. The van der Waals surface area contributed by atoms with Gasteiger partial charge in [-0.15, -0.1) is 0 Å². The molecule has 0 saturated heterocycles. The number of benzene rings is 1. The van der Waals surface area contributed by atoms with E-state index in [2.05, 4.69) is 10.2 Å². The van der Waals surface area contributed by atoms with Crippen LogP contribution in [0.1, 0.15) is 5.56 Å². The third-order valence-electron chi connectivity index (χ3n) is 2.59. The van der Waals surface area contributed by atoms with Crippen LogP contribution in [0.2, 0.25) is 0 Å². The van der Waals surface area contributed by atoms with Crippen molar-refractivity contribution in [1.82, 2.24) is 10.2 Å². The molecule has 0 aliphatic heterocycles. The van der Waals surface area contributed by atoms with E-state index in [0.29, 0.717) is 5.69 Å². The minimum Gasteiger partial charge on any atom is -0.284 e. The maximum atomic E-state index is 12.2. The standard InChI is InChI=1S/C11H13N3O2S/c1-9-5-3-4-6-11(9)14(2)17(15,16)10-7-12-13-8-10/h3-8H,1-2H3,(H,12,13). The van der Waals surface area contributed by atoms with Crippen molar-refractivity contribution < 1.29 is 8.42 Å². The van der Waals surface area contributed by atoms with Crippen LogP contribution in [0.15, 0.2) is 41.6 Å². The smallest absolute Gasteiger partial charge is 0.267 e. The molecule has 0 amide bonds. The molecule has 2 aromatic rings. The monoisotopic (exact) mass is 251 g/mol. The van der Waals surface area contributed by atoms with Crippen LogP contribution in [-0.2, 0) is 10.0 Å². The topological polar surface area (TPSA) is 66.1 Å². The van der Waals surface area contributed by atoms with Crippen LogP contribution in [0.4, 0.5) is 5.69 Å². The summed E-state index contributed by atoms with van der Waals surface area (Å²) in [5, 5.41) is 6.16. The van der Waals surface area contributed by atoms with Crippen LogP contribution in [0, 0.1) is 6.92 Å². The van der Waals surface area contributed by atoms with Gasteiger partial charge in [-0.2, -0.15) is 5.10 Å². The number of aryl methyl sites for hydroxylation is 1. The minimum atomic E-state index is -3.53. The quantitative estimate of drug-likeness (QED) is 0.900. The average Bonchev–Trinajstić information content (AvgIpc) is 2.83. The van der Waals surface area contributed by atoms with E-state index in [1.165, 1.54) is 23.7 Å². The van der Waals surface area contributed by atoms with E-state index in [1.807, 2.05) is 25.1 Å². The zero-order chi connectivity index (χ0) is 12.5. The average molecular weight is 251 g/mol. The zero-order valence-corrected chi connectivity index (χ0v) is 10.4. The second-order valence-corrected chi connectivity index (χ2v) is 5.66. The normalized spacial score (nSPS) is 11.4. The Morgan fingerprint density at radius 1 is 1.29 bits per heavy atom. The Labute approximate surface area is 100 Å². The third-order valence-corrected chi connectivity index (χ3v) is 4.32. The first-order valence-corrected chi connectivity index (χ1v) is 6.51. The molecule has 1 heterocycles. The summed E-state index contributed by atoms with van der Waals surface area (Å²) >= 11 is 0. The van der Waals surface area contributed by atoms with Gasteiger partial charge >= 0.3 is 0 Å². The largest absolute Gasteiger partial charge is 0.284 e. The van der Waals surface area contributed by atoms with Crippen LogP contribution in [0.25, 0.3) is 0 Å². The molecule has 0 atom stereocenters. The molecule has 0 unspecified atom stereocenters. The number of sulfonamides is 1. The van der Waals surface area contributed by atoms with Gasteiger partial charge in [0.25, 0.3) is 10.0 Å². The molecule has 0 bridgehead atoms. The van der Waals surface area contributed by atoms with Gasteiger partial charge in [-0.25, -0.2) is 8.42 Å². The van der Waals surface area contributed by atoms with Gasteiger partial charge in [-0.1, -0.05) is 18.2 Å². The highest BCUT2D eigenvalue weighted by Crippen LogP contribution is 2.24. The van der Waals surface area contributed by atoms with Gasteiger partial charge in [0, 0.05) is 13.2 Å². The van der Waals surface area contributed by atoms with Crippen LogP contribution in [-0.4, -0.2) is 25.7 Å². The van der Waals surface area contributed by atoms with E-state index < -0.39 is 10.0 Å². The molecule has 2 rings (SSSR count). The second kappa shape index (κ2) is 4.21. The summed E-state index contributed by atoms with van der Waals surface area (Å²) in [5.74, 6) is 0. The molecule has 5 nitrogen and oxygen atoms in total. The molecule has 0 aliphatic carbocycles. The fourth-order valence-electron chi connectivity index (χ4n) is 1.58. The Hall–Kier alpha value is -1.82. The van der Waals surface area contributed by atoms with Crippen molar-refractivity contribution in [3.05, 3.63) is 42.2 Å². The number of anilines is 1. The number of nitrogens with one attached hydrogen (secondary N) is 1. The highest BCUT2D eigenvalue weighted by atomic mass is 32.2. The van der Waals surface area contributed by atoms with E-state index in [4.69, 9.17) is 0 Å². The lowest BCUT2D eigenvalue weighted by Crippen LogP contribution is -2.26. The van der Waals surface area contributed by atoms with Gasteiger partial charge in [0.1, 0.15) is 4.90 Å². The van der Waals surface area contributed by atoms with Gasteiger partial charge in [0.15, 0.2) is 0 Å². The number of hydrogen-bond acceptors (Lipinski definition) is 3. The molecule has 0 spiro atoms. The van der Waals surface area contributed by atoms with Crippen LogP contribution in [0.3, 0.4) is 0 Å². The maximum absolute atomic E-state index is 12.2. The number of para-hydroxylation sites is 1. The Bertz CT molecular complexity index is 605. The first-order chi connectivity index (χ1) is 8.03. The molecular weight excluding hydrogens is 238 g/mol. The van der Waals surface area contributed by atoms with Crippen molar-refractivity contribution >= 4 is 15.7 Å². The van der Waals surface area contributed by atoms with Crippen LogP contribution < -0.4 is 4.31 Å². The van der Waals surface area contributed by atoms with Crippen molar-refractivity contribution in [2.75, 3.05) is 11.4 Å². The molecule has 0 aliphatic rings. The van der Waals surface area contributed by atoms with Gasteiger partial charge in [-0.3, -0.25) is 9.40 Å². The molecule has 0 saturated carbocycles. The highest BCUT2D eigenvalue weighted by molar-refractivity contribution is 7.92. The van der Waals surface area contributed by atoms with E-state index >= 15 is 0 Å². The van der Waals surface area contributed by atoms with Crippen molar-refractivity contribution in [3.8, 4) is 0 Å². The lowest BCUT2D eigenvalue weighted by Gasteiger charge is -2.20. The van der Waals surface area contributed by atoms with Crippen LogP contribution in [0.5, 0.6) is 0 Å². The highest BCUT2D eigenvalue weighted by Gasteiger charge is 2.22. The molecule has 6 heteroatoms. The number of hydrogen-bond donors (Lipinski definition) is 1. The van der Waals surface area contributed by atoms with Crippen molar-refractivity contribution in [2.24, 2.45) is 0 Å². The second-order valence-electron chi connectivity index (χ2n) is 3.69. The molecular formula is C11H13N3O2S. The molecule has 0 fully saturated rings. The molecule has 90 valence electrons. The number of rotatable bonds is 3. The third kappa shape index (κ3) is 2.03. The molecule has 17 heavy (non-hydrogen) atoms. The number of H-pyrrole nitrogens is 1. The number of nitrogens with zero attached hydrogens (tertiary/aromatic N) is 2. The molecule has 1 N–H and O–H groups in total. The Balaban J connectivity index is 2.46. The maximum Gasteiger partial charge on any atom is 0.267 e. The Morgan fingerprint density at radius 3 is 2.59 bits per heavy atom. The zero-order valence-electron chi connectivity index (χ0n) is 9.58. The lowest BCUT2D eigenvalue weighted by atomic mass is 10.2. The molecule has 1 aromatic carbocycles. The lowest BCUT2D eigenvalue weighted by molar-refractivity contribution is 0.594. The predicted octanol–water partition coefficient (Wildman–Crippen LogP) is 1.54. The van der Waals surface area contributed by atoms with E-state index in [9.17, 15) is 8.42 Å². The summed E-state index contributed by atoms with van der Waals surface area (Å²) in [6.45, 7) is 1.87. The Kier molecular flexibility index (Phi) is 2.89. The summed E-state index contributed by atoms with van der Waals surface area (Å²) in [7, 11) is -2.00. The van der Waals surface area contributed by atoms with Crippen molar-refractivity contribution in [2.45, 2.75) is 11.8 Å². The van der Waals surface area contributed by atoms with Gasteiger partial charge in [0.05, 0.1) is 11.9 Å². The van der Waals surface area contributed by atoms with Crippen molar-refractivity contribution in [3.63, 3.8) is 0 Å². The van der Waals surface area contributed by atoms with Gasteiger partial charge in [0.2, 0.25) is 0 Å². The first-order valence-electron chi connectivity index (χ1n) is 5.07. The summed E-state index contributed by atoms with van der Waals surface area (Å²) in [6, 6.07) is 7.32. The van der Waals surface area contributed by atoms with Gasteiger partial charge < -0.3 is 0 Å². The molecule has 1 aromatic heterocycles. The number of aromatic nitrogens is 2. The predicted molar refractivity (Wildman–Crippen MR) is 65.4 cm³/mol. The molecule has 0 radical (unpaired) electrons. The fraction of sp³-hybridized carbons (Fsp3) is 0.182. The van der Waals surface area contributed by atoms with Gasteiger partial charge in [-0.05, 0) is 18.6 Å². The first kappa shape index (κ1) is 11.7. The summed E-state index contributed by atoms with van der Waals surface area (Å²) in [4.78, 5) is 0.156. The SMILES string of the molecule is Cc1ccccc1N(C)S(=O)(=O)c1cn[nH]c1. The summed E-state index contributed by atoms with van der Waals surface area (Å²) < 4.78 is 25.7. The van der Waals surface area contributed by atoms with Crippen molar-refractivity contribution in [1.29, 1.82) is 0 Å². The Morgan fingerprint density at radius 2 is 2.00 bits per heavy atom. The summed E-state index contributed by atoms with van der Waals surface area (Å²) in [6.07, 6.45) is 2.66. The van der Waals surface area contributed by atoms with E-state index in [1.54, 1.807) is 6.07 Å². The van der Waals surface area contributed by atoms with Crippen LogP contribution >= 0.6 is 0 Å². The van der Waals surface area contributed by atoms with E-state index in [-0.39, 0.29) is 4.90 Å². The fourth-order valence-corrected chi connectivity index (χ4v) is 2.75. The minimum absolute atomic E-state index is 0.156.